The molecule has 0 saturated carbocycles. The standard InChI is InChI=1S/C14H20N2O3/c1-10(2)7-16(9-13(15)17)8-11-4-3-5-12(6-11)14(18)19/h3-6,10H,7-9H2,1-2H3,(H2,15,17)(H,18,19). The number of aromatic carboxylic acids is 1. The fraction of sp³-hybridized carbons (Fsp3) is 0.429. The highest BCUT2D eigenvalue weighted by atomic mass is 16.4. The van der Waals surface area contributed by atoms with Gasteiger partial charge in [-0.15, -0.1) is 0 Å². The van der Waals surface area contributed by atoms with Gasteiger partial charge in [0.25, 0.3) is 0 Å². The Morgan fingerprint density at radius 2 is 2.05 bits per heavy atom. The van der Waals surface area contributed by atoms with Crippen molar-refractivity contribution in [1.82, 2.24) is 4.90 Å². The van der Waals surface area contributed by atoms with Crippen molar-refractivity contribution in [3.05, 3.63) is 35.4 Å². The predicted octanol–water partition coefficient (Wildman–Crippen LogP) is 1.33. The summed E-state index contributed by atoms with van der Waals surface area (Å²) in [5.41, 5.74) is 6.34. The van der Waals surface area contributed by atoms with Crippen molar-refractivity contribution in [3.8, 4) is 0 Å². The smallest absolute Gasteiger partial charge is 0.335 e. The van der Waals surface area contributed by atoms with E-state index in [1.54, 1.807) is 18.2 Å². The first kappa shape index (κ1) is 15.2. The molecule has 0 spiro atoms. The lowest BCUT2D eigenvalue weighted by molar-refractivity contribution is -0.119. The third kappa shape index (κ3) is 5.52. The van der Waals surface area contributed by atoms with Crippen LogP contribution in [0.3, 0.4) is 0 Å². The third-order valence-corrected chi connectivity index (χ3v) is 2.58. The van der Waals surface area contributed by atoms with Gasteiger partial charge in [-0.2, -0.15) is 0 Å². The van der Waals surface area contributed by atoms with E-state index in [-0.39, 0.29) is 18.0 Å². The van der Waals surface area contributed by atoms with Crippen LogP contribution in [0, 0.1) is 5.92 Å². The molecule has 3 N–H and O–H groups in total. The third-order valence-electron chi connectivity index (χ3n) is 2.58. The molecule has 0 bridgehead atoms. The van der Waals surface area contributed by atoms with Crippen molar-refractivity contribution in [2.24, 2.45) is 11.7 Å². The van der Waals surface area contributed by atoms with E-state index in [9.17, 15) is 9.59 Å². The molecule has 0 radical (unpaired) electrons. The topological polar surface area (TPSA) is 83.6 Å². The highest BCUT2D eigenvalue weighted by molar-refractivity contribution is 5.87. The molecule has 5 heteroatoms. The molecule has 0 aliphatic rings. The molecule has 0 atom stereocenters. The van der Waals surface area contributed by atoms with Gasteiger partial charge in [0.2, 0.25) is 5.91 Å². The molecule has 1 aromatic rings. The number of hydrogen-bond donors (Lipinski definition) is 2. The number of carbonyl (C=O) groups is 2. The van der Waals surface area contributed by atoms with Gasteiger partial charge in [0.1, 0.15) is 0 Å². The van der Waals surface area contributed by atoms with Crippen molar-refractivity contribution in [2.75, 3.05) is 13.1 Å². The second kappa shape index (κ2) is 6.89. The molecule has 0 aromatic heterocycles. The van der Waals surface area contributed by atoms with E-state index in [0.717, 1.165) is 12.1 Å². The van der Waals surface area contributed by atoms with Gasteiger partial charge < -0.3 is 10.8 Å². The fourth-order valence-electron chi connectivity index (χ4n) is 1.98. The van der Waals surface area contributed by atoms with Gasteiger partial charge in [-0.3, -0.25) is 9.69 Å². The van der Waals surface area contributed by atoms with Crippen molar-refractivity contribution in [3.63, 3.8) is 0 Å². The molecule has 0 unspecified atom stereocenters. The minimum absolute atomic E-state index is 0.176. The van der Waals surface area contributed by atoms with Crippen LogP contribution in [0.15, 0.2) is 24.3 Å². The summed E-state index contributed by atoms with van der Waals surface area (Å²) in [5.74, 6) is -0.927. The number of benzene rings is 1. The lowest BCUT2D eigenvalue weighted by atomic mass is 10.1. The van der Waals surface area contributed by atoms with Crippen LogP contribution in [-0.2, 0) is 11.3 Å². The van der Waals surface area contributed by atoms with Crippen LogP contribution in [0.25, 0.3) is 0 Å². The minimum Gasteiger partial charge on any atom is -0.478 e. The lowest BCUT2D eigenvalue weighted by Gasteiger charge is -2.22. The maximum atomic E-state index is 11.0. The maximum absolute atomic E-state index is 11.0. The number of hydrogen-bond acceptors (Lipinski definition) is 3. The van der Waals surface area contributed by atoms with E-state index < -0.39 is 5.97 Å². The summed E-state index contributed by atoms with van der Waals surface area (Å²) in [4.78, 5) is 23.9. The molecule has 1 rings (SSSR count). The quantitative estimate of drug-likeness (QED) is 0.778. The first-order valence-corrected chi connectivity index (χ1v) is 6.21. The largest absolute Gasteiger partial charge is 0.478 e. The maximum Gasteiger partial charge on any atom is 0.335 e. The molecular weight excluding hydrogens is 244 g/mol. The minimum atomic E-state index is -0.952. The zero-order valence-corrected chi connectivity index (χ0v) is 11.3. The lowest BCUT2D eigenvalue weighted by Crippen LogP contribution is -2.35. The average Bonchev–Trinajstić information content (AvgIpc) is 2.27. The molecule has 1 aromatic carbocycles. The first-order chi connectivity index (χ1) is 8.88. The van der Waals surface area contributed by atoms with Crippen molar-refractivity contribution >= 4 is 11.9 Å². The van der Waals surface area contributed by atoms with Gasteiger partial charge in [0, 0.05) is 13.1 Å². The van der Waals surface area contributed by atoms with Gasteiger partial charge >= 0.3 is 5.97 Å². The monoisotopic (exact) mass is 264 g/mol. The Kier molecular flexibility index (Phi) is 5.51. The van der Waals surface area contributed by atoms with Gasteiger partial charge in [0.15, 0.2) is 0 Å². The SMILES string of the molecule is CC(C)CN(CC(N)=O)Cc1cccc(C(=O)O)c1. The van der Waals surface area contributed by atoms with E-state index in [1.165, 1.54) is 0 Å². The normalized spacial score (nSPS) is 10.9. The molecule has 0 aliphatic carbocycles. The van der Waals surface area contributed by atoms with Crippen molar-refractivity contribution < 1.29 is 14.7 Å². The van der Waals surface area contributed by atoms with E-state index in [1.807, 2.05) is 11.0 Å². The summed E-state index contributed by atoms with van der Waals surface area (Å²) in [6.07, 6.45) is 0. The van der Waals surface area contributed by atoms with Gasteiger partial charge in [-0.1, -0.05) is 26.0 Å². The van der Waals surface area contributed by atoms with E-state index in [2.05, 4.69) is 13.8 Å². The zero-order chi connectivity index (χ0) is 14.4. The van der Waals surface area contributed by atoms with Crippen LogP contribution in [0.4, 0.5) is 0 Å². The zero-order valence-electron chi connectivity index (χ0n) is 11.3. The number of rotatable bonds is 7. The Hall–Kier alpha value is -1.88. The Labute approximate surface area is 113 Å². The van der Waals surface area contributed by atoms with E-state index >= 15 is 0 Å². The van der Waals surface area contributed by atoms with Crippen molar-refractivity contribution in [1.29, 1.82) is 0 Å². The van der Waals surface area contributed by atoms with Gasteiger partial charge in [-0.05, 0) is 23.6 Å². The Bertz CT molecular complexity index is 458. The number of amides is 1. The number of nitrogens with two attached hydrogens (primary N) is 1. The molecule has 19 heavy (non-hydrogen) atoms. The molecule has 1 amide bonds. The van der Waals surface area contributed by atoms with Gasteiger partial charge in [0.05, 0.1) is 12.1 Å². The molecule has 5 nitrogen and oxygen atoms in total. The summed E-state index contributed by atoms with van der Waals surface area (Å²) >= 11 is 0. The summed E-state index contributed by atoms with van der Waals surface area (Å²) < 4.78 is 0. The number of nitrogens with zero attached hydrogens (tertiary/aromatic N) is 1. The van der Waals surface area contributed by atoms with Crippen LogP contribution in [0.1, 0.15) is 29.8 Å². The Balaban J connectivity index is 2.80. The summed E-state index contributed by atoms with van der Waals surface area (Å²) in [5, 5.41) is 8.95. The van der Waals surface area contributed by atoms with Gasteiger partial charge in [-0.25, -0.2) is 4.79 Å². The number of primary amides is 1. The first-order valence-electron chi connectivity index (χ1n) is 6.21. The predicted molar refractivity (Wildman–Crippen MR) is 72.7 cm³/mol. The molecule has 104 valence electrons. The van der Waals surface area contributed by atoms with E-state index in [4.69, 9.17) is 10.8 Å². The number of carbonyl (C=O) groups excluding carboxylic acids is 1. The van der Waals surface area contributed by atoms with Crippen LogP contribution in [0.5, 0.6) is 0 Å². The van der Waals surface area contributed by atoms with Crippen LogP contribution < -0.4 is 5.73 Å². The van der Waals surface area contributed by atoms with E-state index in [0.29, 0.717) is 12.5 Å². The molecule has 0 fully saturated rings. The van der Waals surface area contributed by atoms with Crippen LogP contribution in [0.2, 0.25) is 0 Å². The highest BCUT2D eigenvalue weighted by Gasteiger charge is 2.12. The van der Waals surface area contributed by atoms with Crippen LogP contribution >= 0.6 is 0 Å². The molecular formula is C14H20N2O3. The number of carboxylic acids is 1. The second-order valence-corrected chi connectivity index (χ2v) is 5.04. The fourth-order valence-corrected chi connectivity index (χ4v) is 1.98. The highest BCUT2D eigenvalue weighted by Crippen LogP contribution is 2.10. The average molecular weight is 264 g/mol. The Morgan fingerprint density at radius 1 is 1.37 bits per heavy atom. The molecule has 0 heterocycles. The summed E-state index contributed by atoms with van der Waals surface area (Å²) in [6.45, 7) is 5.54. The molecule has 0 aliphatic heterocycles. The van der Waals surface area contributed by atoms with Crippen LogP contribution in [-0.4, -0.2) is 35.0 Å². The molecule has 0 saturated heterocycles. The number of carboxylic acid groups (broad SMARTS) is 1. The Morgan fingerprint density at radius 3 is 2.58 bits per heavy atom. The van der Waals surface area contributed by atoms with Crippen molar-refractivity contribution in [2.45, 2.75) is 20.4 Å². The second-order valence-electron chi connectivity index (χ2n) is 5.04. The summed E-state index contributed by atoms with van der Waals surface area (Å²) in [6, 6.07) is 6.72. The summed E-state index contributed by atoms with van der Waals surface area (Å²) in [7, 11) is 0.